The number of nitrogens with zero attached hydrogens (tertiary/aromatic N) is 3. The van der Waals surface area contributed by atoms with Crippen LogP contribution in [0.4, 0.5) is 5.82 Å². The first kappa shape index (κ1) is 17.5. The van der Waals surface area contributed by atoms with Crippen molar-refractivity contribution in [1.82, 2.24) is 15.1 Å². The maximum atomic E-state index is 12.7. The number of fused-ring (bicyclic) bond motifs is 1. The van der Waals surface area contributed by atoms with Gasteiger partial charge in [-0.25, -0.2) is 0 Å². The van der Waals surface area contributed by atoms with Crippen molar-refractivity contribution in [3.05, 3.63) is 11.8 Å². The summed E-state index contributed by atoms with van der Waals surface area (Å²) < 4.78 is 10.8. The summed E-state index contributed by atoms with van der Waals surface area (Å²) in [7, 11) is 1.66. The number of amides is 1. The number of rotatable bonds is 4. The highest BCUT2D eigenvalue weighted by Crippen LogP contribution is 2.40. The van der Waals surface area contributed by atoms with E-state index in [0.717, 1.165) is 69.2 Å². The first-order valence-electron chi connectivity index (χ1n) is 9.65. The van der Waals surface area contributed by atoms with Gasteiger partial charge in [0.2, 0.25) is 5.91 Å². The third-order valence-corrected chi connectivity index (χ3v) is 6.08. The molecule has 3 heterocycles. The quantitative estimate of drug-likeness (QED) is 0.883. The number of ether oxygens (including phenoxy) is 2. The molecule has 3 fully saturated rings. The summed E-state index contributed by atoms with van der Waals surface area (Å²) in [5.74, 6) is 3.15. The van der Waals surface area contributed by atoms with E-state index < -0.39 is 0 Å². The summed E-state index contributed by atoms with van der Waals surface area (Å²) in [6.07, 6.45) is 3.89. The molecule has 2 saturated heterocycles. The second-order valence-electron chi connectivity index (χ2n) is 7.87. The van der Waals surface area contributed by atoms with Crippen LogP contribution in [0.15, 0.2) is 6.07 Å². The van der Waals surface area contributed by atoms with Crippen molar-refractivity contribution >= 4 is 11.7 Å². The van der Waals surface area contributed by atoms with Crippen molar-refractivity contribution in [3.63, 3.8) is 0 Å². The number of likely N-dealkylation sites (tertiary alicyclic amines) is 1. The highest BCUT2D eigenvalue weighted by Gasteiger charge is 2.43. The molecule has 3 atom stereocenters. The molecule has 1 aliphatic carbocycles. The minimum absolute atomic E-state index is 0.170. The van der Waals surface area contributed by atoms with E-state index in [0.29, 0.717) is 23.8 Å². The zero-order chi connectivity index (χ0) is 18.1. The van der Waals surface area contributed by atoms with Crippen molar-refractivity contribution in [2.24, 2.45) is 17.8 Å². The zero-order valence-corrected chi connectivity index (χ0v) is 15.6. The number of hydrogen-bond acceptors (Lipinski definition) is 6. The van der Waals surface area contributed by atoms with Crippen LogP contribution >= 0.6 is 0 Å². The monoisotopic (exact) mass is 360 g/mol. The van der Waals surface area contributed by atoms with Gasteiger partial charge in [-0.3, -0.25) is 4.79 Å². The summed E-state index contributed by atoms with van der Waals surface area (Å²) >= 11 is 0. The Morgan fingerprint density at radius 1 is 1.23 bits per heavy atom. The van der Waals surface area contributed by atoms with E-state index >= 15 is 0 Å². The fourth-order valence-electron chi connectivity index (χ4n) is 4.71. The van der Waals surface area contributed by atoms with Crippen LogP contribution < -0.4 is 10.1 Å². The largest absolute Gasteiger partial charge is 0.493 e. The fraction of sp³-hybridized carbons (Fsp3) is 0.737. The number of anilines is 1. The summed E-state index contributed by atoms with van der Waals surface area (Å²) in [5.41, 5.74) is 0.845. The Labute approximate surface area is 154 Å². The lowest BCUT2D eigenvalue weighted by molar-refractivity contribution is -0.137. The van der Waals surface area contributed by atoms with Crippen molar-refractivity contribution in [1.29, 1.82) is 0 Å². The minimum atomic E-state index is 0.170. The van der Waals surface area contributed by atoms with Gasteiger partial charge in [-0.15, -0.1) is 5.10 Å². The molecule has 7 heteroatoms. The highest BCUT2D eigenvalue weighted by molar-refractivity contribution is 5.79. The minimum Gasteiger partial charge on any atom is -0.493 e. The second kappa shape index (κ2) is 7.39. The molecule has 4 rings (SSSR count). The van der Waals surface area contributed by atoms with Crippen LogP contribution in [0, 0.1) is 24.7 Å². The van der Waals surface area contributed by atoms with Gasteiger partial charge < -0.3 is 19.7 Å². The smallest absolute Gasteiger partial charge is 0.225 e. The van der Waals surface area contributed by atoms with Gasteiger partial charge in [0.1, 0.15) is 0 Å². The van der Waals surface area contributed by atoms with Crippen LogP contribution in [0.25, 0.3) is 0 Å². The van der Waals surface area contributed by atoms with E-state index in [-0.39, 0.29) is 5.92 Å². The van der Waals surface area contributed by atoms with Gasteiger partial charge in [-0.1, -0.05) is 0 Å². The lowest BCUT2D eigenvalue weighted by atomic mass is 9.98. The van der Waals surface area contributed by atoms with E-state index in [4.69, 9.17) is 9.47 Å². The number of nitrogens with one attached hydrogen (secondary N) is 1. The van der Waals surface area contributed by atoms with Crippen molar-refractivity contribution < 1.29 is 14.3 Å². The molecule has 26 heavy (non-hydrogen) atoms. The molecule has 1 saturated carbocycles. The number of carbonyl (C=O) groups excluding carboxylic acids is 1. The Morgan fingerprint density at radius 2 is 1.92 bits per heavy atom. The number of hydrogen-bond donors (Lipinski definition) is 1. The number of methoxy groups -OCH3 is 1. The number of carbonyl (C=O) groups is 1. The lowest BCUT2D eigenvalue weighted by Gasteiger charge is -2.27. The summed E-state index contributed by atoms with van der Waals surface area (Å²) in [6, 6.07) is 2.27. The van der Waals surface area contributed by atoms with Crippen molar-refractivity contribution in [3.8, 4) is 5.75 Å². The molecule has 2 aliphatic heterocycles. The molecular formula is C19H28N4O3. The first-order chi connectivity index (χ1) is 12.6. The van der Waals surface area contributed by atoms with Crippen LogP contribution in [-0.4, -0.2) is 60.5 Å². The molecule has 1 N–H and O–H groups in total. The van der Waals surface area contributed by atoms with E-state index in [1.165, 1.54) is 0 Å². The van der Waals surface area contributed by atoms with Gasteiger partial charge in [-0.2, -0.15) is 5.10 Å². The van der Waals surface area contributed by atoms with Crippen LogP contribution in [0.2, 0.25) is 0 Å². The Hall–Kier alpha value is -1.89. The van der Waals surface area contributed by atoms with Crippen LogP contribution in [0.1, 0.15) is 31.4 Å². The topological polar surface area (TPSA) is 76.6 Å². The second-order valence-corrected chi connectivity index (χ2v) is 7.87. The molecule has 0 spiro atoms. The predicted octanol–water partition coefficient (Wildman–Crippen LogP) is 1.87. The van der Waals surface area contributed by atoms with E-state index in [1.54, 1.807) is 7.11 Å². The molecule has 2 unspecified atom stereocenters. The van der Waals surface area contributed by atoms with Crippen molar-refractivity contribution in [2.75, 3.05) is 38.7 Å². The third-order valence-electron chi connectivity index (χ3n) is 6.08. The van der Waals surface area contributed by atoms with Gasteiger partial charge in [0.15, 0.2) is 11.6 Å². The number of aryl methyl sites for hydroxylation is 1. The van der Waals surface area contributed by atoms with Crippen LogP contribution in [-0.2, 0) is 9.53 Å². The molecular weight excluding hydrogens is 332 g/mol. The maximum Gasteiger partial charge on any atom is 0.225 e. The average Bonchev–Trinajstić information content (AvgIpc) is 3.22. The SMILES string of the molecule is COc1cc(C)nnc1NC1CC2CN(C(=O)C3CCOCC3)C[C@H]2C1. The molecule has 1 aromatic heterocycles. The Morgan fingerprint density at radius 3 is 2.58 bits per heavy atom. The molecule has 1 amide bonds. The van der Waals surface area contributed by atoms with E-state index in [1.807, 2.05) is 13.0 Å². The molecule has 7 nitrogen and oxygen atoms in total. The maximum absolute atomic E-state index is 12.7. The third kappa shape index (κ3) is 3.49. The van der Waals surface area contributed by atoms with Gasteiger partial charge in [0.25, 0.3) is 0 Å². The highest BCUT2D eigenvalue weighted by atomic mass is 16.5. The Balaban J connectivity index is 1.33. The summed E-state index contributed by atoms with van der Waals surface area (Å²) in [6.45, 7) is 5.15. The molecule has 1 aromatic rings. The van der Waals surface area contributed by atoms with Crippen LogP contribution in [0.3, 0.4) is 0 Å². The summed E-state index contributed by atoms with van der Waals surface area (Å²) in [5, 5.41) is 11.9. The predicted molar refractivity (Wildman–Crippen MR) is 97.1 cm³/mol. The fourth-order valence-corrected chi connectivity index (χ4v) is 4.71. The van der Waals surface area contributed by atoms with Gasteiger partial charge in [0, 0.05) is 44.3 Å². The summed E-state index contributed by atoms with van der Waals surface area (Å²) in [4.78, 5) is 14.8. The standard InChI is InChI=1S/C19H28N4O3/c1-12-7-17(25-2)18(22-21-12)20-16-8-14-10-23(11-15(14)9-16)19(24)13-3-5-26-6-4-13/h7,13-16H,3-6,8-11H2,1-2H3,(H,20,22)/t14-,15?,16?/m1/s1. The zero-order valence-electron chi connectivity index (χ0n) is 15.6. The van der Waals surface area contributed by atoms with Gasteiger partial charge in [-0.05, 0) is 44.4 Å². The van der Waals surface area contributed by atoms with E-state index in [9.17, 15) is 4.79 Å². The Kier molecular flexibility index (Phi) is 4.98. The molecule has 3 aliphatic rings. The first-order valence-corrected chi connectivity index (χ1v) is 9.65. The van der Waals surface area contributed by atoms with Crippen LogP contribution in [0.5, 0.6) is 5.75 Å². The average molecular weight is 360 g/mol. The van der Waals surface area contributed by atoms with E-state index in [2.05, 4.69) is 20.4 Å². The van der Waals surface area contributed by atoms with Gasteiger partial charge >= 0.3 is 0 Å². The van der Waals surface area contributed by atoms with Gasteiger partial charge in [0.05, 0.1) is 12.8 Å². The number of aromatic nitrogens is 2. The molecule has 142 valence electrons. The molecule has 0 aromatic carbocycles. The normalized spacial score (nSPS) is 28.8. The Bertz CT molecular complexity index is 648. The molecule has 0 radical (unpaired) electrons. The lowest BCUT2D eigenvalue weighted by Crippen LogP contribution is -2.38. The molecule has 0 bridgehead atoms. The van der Waals surface area contributed by atoms with Crippen molar-refractivity contribution in [2.45, 2.75) is 38.6 Å².